The molecule has 1 saturated carbocycles. The molecule has 1 aliphatic carbocycles. The summed E-state index contributed by atoms with van der Waals surface area (Å²) in [4.78, 5) is 11.6. The first kappa shape index (κ1) is 18.7. The van der Waals surface area contributed by atoms with Crippen molar-refractivity contribution in [3.63, 3.8) is 0 Å². The zero-order valence-corrected chi connectivity index (χ0v) is 16.7. The van der Waals surface area contributed by atoms with E-state index in [1.165, 1.54) is 18.4 Å². The van der Waals surface area contributed by atoms with E-state index in [1.807, 2.05) is 26.2 Å². The van der Waals surface area contributed by atoms with Crippen LogP contribution in [-0.2, 0) is 6.54 Å². The van der Waals surface area contributed by atoms with E-state index in [4.69, 9.17) is 9.97 Å². The molecule has 0 saturated heterocycles. The maximum atomic E-state index is 4.78. The number of anilines is 2. The molecule has 5 heteroatoms. The number of aromatic nitrogens is 2. The molecule has 5 nitrogen and oxygen atoms in total. The first-order valence-corrected chi connectivity index (χ1v) is 10.2. The summed E-state index contributed by atoms with van der Waals surface area (Å²) in [6.07, 6.45) is 4.64. The summed E-state index contributed by atoms with van der Waals surface area (Å²) < 4.78 is 0. The van der Waals surface area contributed by atoms with Crippen molar-refractivity contribution in [2.75, 3.05) is 24.3 Å². The summed E-state index contributed by atoms with van der Waals surface area (Å²) in [5.41, 5.74) is 2.34. The molecule has 0 bridgehead atoms. The van der Waals surface area contributed by atoms with Gasteiger partial charge in [-0.05, 0) is 43.4 Å². The Balaban J connectivity index is 1.36. The van der Waals surface area contributed by atoms with Crippen LogP contribution in [0.1, 0.15) is 31.2 Å². The molecule has 0 radical (unpaired) electrons. The van der Waals surface area contributed by atoms with Gasteiger partial charge in [0.15, 0.2) is 0 Å². The Labute approximate surface area is 167 Å². The number of hydrogen-bond donors (Lipinski definition) is 2. The van der Waals surface area contributed by atoms with Crippen LogP contribution < -0.4 is 15.5 Å². The largest absolute Gasteiger partial charge is 0.362 e. The average Bonchev–Trinajstić information content (AvgIpc) is 2.73. The highest BCUT2D eigenvalue weighted by Crippen LogP contribution is 2.26. The molecule has 0 aliphatic heterocycles. The Morgan fingerprint density at radius 1 is 0.857 bits per heavy atom. The van der Waals surface area contributed by atoms with Gasteiger partial charge in [-0.3, -0.25) is 0 Å². The number of benzene rings is 2. The molecule has 1 heterocycles. The zero-order valence-electron chi connectivity index (χ0n) is 16.7. The van der Waals surface area contributed by atoms with Crippen molar-refractivity contribution in [2.45, 2.75) is 44.3 Å². The van der Waals surface area contributed by atoms with Crippen LogP contribution in [0.25, 0.3) is 10.9 Å². The van der Waals surface area contributed by atoms with Crippen LogP contribution in [0.4, 0.5) is 11.8 Å². The first-order valence-electron chi connectivity index (χ1n) is 10.2. The number of para-hydroxylation sites is 1. The lowest BCUT2D eigenvalue weighted by atomic mass is 9.91. The fourth-order valence-electron chi connectivity index (χ4n) is 3.95. The van der Waals surface area contributed by atoms with E-state index in [0.29, 0.717) is 12.1 Å². The Morgan fingerprint density at radius 3 is 2.29 bits per heavy atom. The Hall–Kier alpha value is -2.66. The summed E-state index contributed by atoms with van der Waals surface area (Å²) in [6.45, 7) is 0.948. The third-order valence-electron chi connectivity index (χ3n) is 5.50. The highest BCUT2D eigenvalue weighted by molar-refractivity contribution is 5.90. The van der Waals surface area contributed by atoms with Crippen molar-refractivity contribution in [2.24, 2.45) is 0 Å². The predicted molar refractivity (Wildman–Crippen MR) is 117 cm³/mol. The molecule has 2 N–H and O–H groups in total. The Kier molecular flexibility index (Phi) is 5.72. The zero-order chi connectivity index (χ0) is 19.3. The van der Waals surface area contributed by atoms with E-state index in [9.17, 15) is 0 Å². The summed E-state index contributed by atoms with van der Waals surface area (Å²) in [5.74, 6) is 1.70. The van der Waals surface area contributed by atoms with Crippen LogP contribution in [0.3, 0.4) is 0 Å². The third kappa shape index (κ3) is 4.42. The van der Waals surface area contributed by atoms with Gasteiger partial charge in [-0.1, -0.05) is 42.5 Å². The maximum Gasteiger partial charge on any atom is 0.225 e. The van der Waals surface area contributed by atoms with Crippen LogP contribution >= 0.6 is 0 Å². The Bertz CT molecular complexity index is 901. The lowest BCUT2D eigenvalue weighted by Crippen LogP contribution is -2.37. The minimum Gasteiger partial charge on any atom is -0.362 e. The molecule has 0 spiro atoms. The van der Waals surface area contributed by atoms with E-state index in [-0.39, 0.29) is 0 Å². The quantitative estimate of drug-likeness (QED) is 0.676. The highest BCUT2D eigenvalue weighted by atomic mass is 15.2. The average molecular weight is 376 g/mol. The lowest BCUT2D eigenvalue weighted by molar-refractivity contribution is 0.352. The normalized spacial score (nSPS) is 19.5. The number of hydrogen-bond acceptors (Lipinski definition) is 5. The molecule has 0 atom stereocenters. The van der Waals surface area contributed by atoms with Gasteiger partial charge < -0.3 is 15.5 Å². The van der Waals surface area contributed by atoms with Gasteiger partial charge >= 0.3 is 0 Å². The van der Waals surface area contributed by atoms with Crippen LogP contribution in [0, 0.1) is 0 Å². The Morgan fingerprint density at radius 2 is 1.54 bits per heavy atom. The summed E-state index contributed by atoms with van der Waals surface area (Å²) >= 11 is 0. The highest BCUT2D eigenvalue weighted by Gasteiger charge is 2.22. The lowest BCUT2D eigenvalue weighted by Gasteiger charge is -2.30. The molecule has 2 aromatic carbocycles. The monoisotopic (exact) mass is 375 g/mol. The number of nitrogens with one attached hydrogen (secondary N) is 2. The summed E-state index contributed by atoms with van der Waals surface area (Å²) in [5, 5.41) is 8.38. The van der Waals surface area contributed by atoms with Crippen LogP contribution in [0.2, 0.25) is 0 Å². The second kappa shape index (κ2) is 8.57. The van der Waals surface area contributed by atoms with Gasteiger partial charge in [0.05, 0.1) is 5.52 Å². The van der Waals surface area contributed by atoms with Gasteiger partial charge in [0.2, 0.25) is 5.95 Å². The van der Waals surface area contributed by atoms with Crippen LogP contribution in [-0.4, -0.2) is 36.1 Å². The molecular formula is C23H29N5. The van der Waals surface area contributed by atoms with Gasteiger partial charge in [0.25, 0.3) is 0 Å². The van der Waals surface area contributed by atoms with Crippen molar-refractivity contribution >= 4 is 22.7 Å². The molecule has 1 aliphatic rings. The number of nitrogens with zero attached hydrogens (tertiary/aromatic N) is 3. The standard InChI is InChI=1S/C23H29N5/c1-28(2)22-20-10-6-7-11-21(20)26-23(27-22)25-19-14-12-18(13-15-19)24-16-17-8-4-3-5-9-17/h3-11,18-19,24H,12-16H2,1-2H3,(H,25,26,27). The van der Waals surface area contributed by atoms with E-state index >= 15 is 0 Å². The molecule has 0 unspecified atom stereocenters. The van der Waals surface area contributed by atoms with Crippen molar-refractivity contribution < 1.29 is 0 Å². The van der Waals surface area contributed by atoms with Crippen LogP contribution in [0.15, 0.2) is 54.6 Å². The van der Waals surface area contributed by atoms with E-state index in [0.717, 1.165) is 42.1 Å². The minimum absolute atomic E-state index is 0.436. The molecular weight excluding hydrogens is 346 g/mol. The molecule has 0 amide bonds. The topological polar surface area (TPSA) is 53.1 Å². The maximum absolute atomic E-state index is 4.78. The van der Waals surface area contributed by atoms with Gasteiger partial charge in [-0.25, -0.2) is 4.98 Å². The van der Waals surface area contributed by atoms with Crippen LogP contribution in [0.5, 0.6) is 0 Å². The van der Waals surface area contributed by atoms with Gasteiger partial charge in [0.1, 0.15) is 5.82 Å². The van der Waals surface area contributed by atoms with E-state index in [2.05, 4.69) is 58.0 Å². The van der Waals surface area contributed by atoms with Crippen molar-refractivity contribution in [3.05, 3.63) is 60.2 Å². The smallest absolute Gasteiger partial charge is 0.225 e. The van der Waals surface area contributed by atoms with E-state index < -0.39 is 0 Å². The molecule has 1 fully saturated rings. The predicted octanol–water partition coefficient (Wildman–Crippen LogP) is 4.21. The fourth-order valence-corrected chi connectivity index (χ4v) is 3.95. The fraction of sp³-hybridized carbons (Fsp3) is 0.391. The number of rotatable bonds is 6. The molecule has 28 heavy (non-hydrogen) atoms. The molecule has 146 valence electrons. The van der Waals surface area contributed by atoms with Crippen molar-refractivity contribution in [1.29, 1.82) is 0 Å². The van der Waals surface area contributed by atoms with Gasteiger partial charge in [-0.2, -0.15) is 4.98 Å². The number of fused-ring (bicyclic) bond motifs is 1. The molecule has 1 aromatic heterocycles. The van der Waals surface area contributed by atoms with Crippen molar-refractivity contribution in [1.82, 2.24) is 15.3 Å². The first-order chi connectivity index (χ1) is 13.7. The summed E-state index contributed by atoms with van der Waals surface area (Å²) in [6, 6.07) is 19.9. The van der Waals surface area contributed by atoms with E-state index in [1.54, 1.807) is 0 Å². The second-order valence-corrected chi connectivity index (χ2v) is 7.84. The molecule has 4 rings (SSSR count). The van der Waals surface area contributed by atoms with Crippen molar-refractivity contribution in [3.8, 4) is 0 Å². The van der Waals surface area contributed by atoms with Gasteiger partial charge in [0, 0.05) is 38.1 Å². The second-order valence-electron chi connectivity index (χ2n) is 7.84. The minimum atomic E-state index is 0.436. The van der Waals surface area contributed by atoms with Gasteiger partial charge in [-0.15, -0.1) is 0 Å². The SMILES string of the molecule is CN(C)c1nc(NC2CCC(NCc3ccccc3)CC2)nc2ccccc12. The molecule has 3 aromatic rings. The summed E-state index contributed by atoms with van der Waals surface area (Å²) in [7, 11) is 4.06. The third-order valence-corrected chi connectivity index (χ3v) is 5.50.